The molecular formula is C18H31N. The first-order valence-electron chi connectivity index (χ1n) is 6.96. The highest BCUT2D eigenvalue weighted by Gasteiger charge is 1.91. The van der Waals surface area contributed by atoms with Crippen LogP contribution in [-0.4, -0.2) is 0 Å². The van der Waals surface area contributed by atoms with Crippen molar-refractivity contribution >= 4 is 0 Å². The summed E-state index contributed by atoms with van der Waals surface area (Å²) in [7, 11) is 0. The summed E-state index contributed by atoms with van der Waals surface area (Å²) in [5.74, 6) is 0. The molecule has 1 nitrogen and oxygen atoms in total. The largest absolute Gasteiger partial charge is 0.356 e. The van der Waals surface area contributed by atoms with E-state index in [0.29, 0.717) is 0 Å². The first kappa shape index (κ1) is 22.4. The van der Waals surface area contributed by atoms with Gasteiger partial charge < -0.3 is 5.32 Å². The molecule has 0 aliphatic carbocycles. The molecular weight excluding hydrogens is 230 g/mol. The Kier molecular flexibility index (Phi) is 25.4. The van der Waals surface area contributed by atoms with Crippen molar-refractivity contribution in [2.75, 3.05) is 0 Å². The van der Waals surface area contributed by atoms with Crippen molar-refractivity contribution in [1.29, 1.82) is 0 Å². The maximum absolute atomic E-state index is 3.67. The van der Waals surface area contributed by atoms with Crippen LogP contribution in [0.1, 0.15) is 41.5 Å². The van der Waals surface area contributed by atoms with Crippen molar-refractivity contribution < 1.29 is 0 Å². The predicted molar refractivity (Wildman–Crippen MR) is 92.0 cm³/mol. The summed E-state index contributed by atoms with van der Waals surface area (Å²) in [6, 6.07) is 0. The zero-order chi connectivity index (χ0) is 15.5. The normalized spacial score (nSPS) is 11.3. The van der Waals surface area contributed by atoms with E-state index in [-0.39, 0.29) is 0 Å². The van der Waals surface area contributed by atoms with Crippen molar-refractivity contribution in [3.05, 3.63) is 73.2 Å². The molecule has 0 unspecified atom stereocenters. The second kappa shape index (κ2) is 21.5. The molecule has 0 spiro atoms. The van der Waals surface area contributed by atoms with Crippen LogP contribution in [0.15, 0.2) is 73.2 Å². The molecule has 1 heteroatoms. The third-order valence-corrected chi connectivity index (χ3v) is 1.58. The number of hydrogen-bond donors (Lipinski definition) is 1. The molecule has 1 N–H and O–H groups in total. The van der Waals surface area contributed by atoms with Gasteiger partial charge in [-0.2, -0.15) is 0 Å². The SMILES string of the molecule is C=C/C=C(\C=C/C)NC(/C=C\C)=C/C=C.CC.CC. The van der Waals surface area contributed by atoms with Crippen LogP contribution in [0.4, 0.5) is 0 Å². The molecule has 0 fully saturated rings. The molecule has 0 radical (unpaired) electrons. The van der Waals surface area contributed by atoms with Gasteiger partial charge in [-0.15, -0.1) is 0 Å². The van der Waals surface area contributed by atoms with E-state index in [1.54, 1.807) is 12.2 Å². The molecule has 0 bridgehead atoms. The van der Waals surface area contributed by atoms with Gasteiger partial charge in [-0.25, -0.2) is 0 Å². The van der Waals surface area contributed by atoms with E-state index in [2.05, 4.69) is 18.5 Å². The van der Waals surface area contributed by atoms with Crippen molar-refractivity contribution in [1.82, 2.24) is 5.32 Å². The van der Waals surface area contributed by atoms with Crippen LogP contribution in [0.5, 0.6) is 0 Å². The Hall–Kier alpha value is -1.76. The summed E-state index contributed by atoms with van der Waals surface area (Å²) in [6.07, 6.45) is 15.3. The van der Waals surface area contributed by atoms with Crippen LogP contribution >= 0.6 is 0 Å². The van der Waals surface area contributed by atoms with E-state index < -0.39 is 0 Å². The monoisotopic (exact) mass is 261 g/mol. The van der Waals surface area contributed by atoms with Crippen LogP contribution in [0.2, 0.25) is 0 Å². The highest BCUT2D eigenvalue weighted by molar-refractivity contribution is 5.31. The average Bonchev–Trinajstić information content (AvgIpc) is 2.44. The maximum atomic E-state index is 3.67. The van der Waals surface area contributed by atoms with Gasteiger partial charge in [0.1, 0.15) is 0 Å². The molecule has 108 valence electrons. The number of allylic oxidation sites excluding steroid dienone is 8. The lowest BCUT2D eigenvalue weighted by atomic mass is 10.3. The molecule has 0 aromatic rings. The van der Waals surface area contributed by atoms with Crippen LogP contribution in [-0.2, 0) is 0 Å². The molecule has 0 aliphatic heterocycles. The van der Waals surface area contributed by atoms with Crippen LogP contribution in [0, 0.1) is 0 Å². The third kappa shape index (κ3) is 16.2. The lowest BCUT2D eigenvalue weighted by molar-refractivity contribution is 1.04. The van der Waals surface area contributed by atoms with Gasteiger partial charge in [0.15, 0.2) is 0 Å². The van der Waals surface area contributed by atoms with Crippen molar-refractivity contribution in [2.45, 2.75) is 41.5 Å². The Bertz CT molecular complexity index is 283. The van der Waals surface area contributed by atoms with Crippen molar-refractivity contribution in [3.8, 4) is 0 Å². The van der Waals surface area contributed by atoms with Crippen LogP contribution in [0.25, 0.3) is 0 Å². The lowest BCUT2D eigenvalue weighted by Crippen LogP contribution is -2.09. The number of rotatable bonds is 6. The first-order chi connectivity index (χ1) is 9.28. The topological polar surface area (TPSA) is 12.0 Å². The van der Waals surface area contributed by atoms with Gasteiger partial charge in [0.2, 0.25) is 0 Å². The maximum Gasteiger partial charge on any atom is 0.0380 e. The summed E-state index contributed by atoms with van der Waals surface area (Å²) in [4.78, 5) is 0. The lowest BCUT2D eigenvalue weighted by Gasteiger charge is -2.07. The van der Waals surface area contributed by atoms with Crippen LogP contribution in [0.3, 0.4) is 0 Å². The fourth-order valence-corrected chi connectivity index (χ4v) is 1.06. The molecule has 0 amide bonds. The molecule has 0 saturated carbocycles. The minimum atomic E-state index is 0.999. The van der Waals surface area contributed by atoms with Gasteiger partial charge in [-0.1, -0.05) is 65.2 Å². The zero-order valence-corrected chi connectivity index (χ0v) is 13.5. The summed E-state index contributed by atoms with van der Waals surface area (Å²) < 4.78 is 0. The quantitative estimate of drug-likeness (QED) is 0.585. The zero-order valence-electron chi connectivity index (χ0n) is 13.5. The molecule has 19 heavy (non-hydrogen) atoms. The van der Waals surface area contributed by atoms with E-state index in [9.17, 15) is 0 Å². The van der Waals surface area contributed by atoms with Crippen LogP contribution < -0.4 is 5.32 Å². The first-order valence-corrected chi connectivity index (χ1v) is 6.96. The molecule has 0 aliphatic rings. The Morgan fingerprint density at radius 2 is 1.05 bits per heavy atom. The van der Waals surface area contributed by atoms with E-state index >= 15 is 0 Å². The van der Waals surface area contributed by atoms with Crippen molar-refractivity contribution in [2.24, 2.45) is 0 Å². The summed E-state index contributed by atoms with van der Waals surface area (Å²) in [5.41, 5.74) is 2.00. The van der Waals surface area contributed by atoms with E-state index in [1.165, 1.54) is 0 Å². The van der Waals surface area contributed by atoms with Gasteiger partial charge in [0.05, 0.1) is 0 Å². The van der Waals surface area contributed by atoms with Gasteiger partial charge in [-0.3, -0.25) is 0 Å². The highest BCUT2D eigenvalue weighted by Crippen LogP contribution is 2.00. The van der Waals surface area contributed by atoms with Gasteiger partial charge in [0.25, 0.3) is 0 Å². The second-order valence-corrected chi connectivity index (χ2v) is 2.84. The van der Waals surface area contributed by atoms with E-state index in [0.717, 1.165) is 11.4 Å². The Balaban J connectivity index is -0.000000579. The average molecular weight is 261 g/mol. The minimum Gasteiger partial charge on any atom is -0.356 e. The van der Waals surface area contributed by atoms with E-state index in [1.807, 2.05) is 78.0 Å². The molecule has 0 aromatic carbocycles. The third-order valence-electron chi connectivity index (χ3n) is 1.58. The van der Waals surface area contributed by atoms with Crippen molar-refractivity contribution in [3.63, 3.8) is 0 Å². The Morgan fingerprint density at radius 1 is 0.737 bits per heavy atom. The molecule has 0 heterocycles. The molecule has 0 aromatic heterocycles. The standard InChI is InChI=1S/C14H19N.2C2H6/c1-5-9-13(10-6-2)15-14(11-7-3)12-8-4;2*1-2/h5-12,15H,1,3H2,2,4H3;2*1-2H3/b10-6-,12-8-,13-9+,14-11+;;. The Labute approximate surface area is 120 Å². The Morgan fingerprint density at radius 3 is 1.26 bits per heavy atom. The van der Waals surface area contributed by atoms with Gasteiger partial charge >= 0.3 is 0 Å². The molecule has 0 rings (SSSR count). The van der Waals surface area contributed by atoms with Gasteiger partial charge in [-0.05, 0) is 38.2 Å². The van der Waals surface area contributed by atoms with E-state index in [4.69, 9.17) is 0 Å². The fourth-order valence-electron chi connectivity index (χ4n) is 1.06. The molecule has 0 saturated heterocycles. The van der Waals surface area contributed by atoms with Gasteiger partial charge in [0, 0.05) is 11.4 Å². The summed E-state index contributed by atoms with van der Waals surface area (Å²) >= 11 is 0. The summed E-state index contributed by atoms with van der Waals surface area (Å²) in [6.45, 7) is 19.3. The highest BCUT2D eigenvalue weighted by atomic mass is 14.9. The smallest absolute Gasteiger partial charge is 0.0380 e. The second-order valence-electron chi connectivity index (χ2n) is 2.84. The predicted octanol–water partition coefficient (Wildman–Crippen LogP) is 5.92. The molecule has 0 atom stereocenters. The minimum absolute atomic E-state index is 0.999. The number of nitrogens with one attached hydrogen (secondary N) is 1. The summed E-state index contributed by atoms with van der Waals surface area (Å²) in [5, 5.41) is 3.26. The fraction of sp³-hybridized carbons (Fsp3) is 0.333. The number of hydrogen-bond acceptors (Lipinski definition) is 1.